The molecule has 3 aromatic rings. The lowest BCUT2D eigenvalue weighted by Gasteiger charge is -2.10. The number of para-hydroxylation sites is 2. The van der Waals surface area contributed by atoms with E-state index < -0.39 is 0 Å². The van der Waals surface area contributed by atoms with Gasteiger partial charge in [0, 0.05) is 24.4 Å². The first-order valence-corrected chi connectivity index (χ1v) is 9.86. The number of benzene rings is 1. The van der Waals surface area contributed by atoms with Gasteiger partial charge in [0.25, 0.3) is 0 Å². The van der Waals surface area contributed by atoms with Gasteiger partial charge in [0.2, 0.25) is 0 Å². The molecule has 0 fully saturated rings. The van der Waals surface area contributed by atoms with Crippen molar-refractivity contribution in [3.63, 3.8) is 0 Å². The van der Waals surface area contributed by atoms with Crippen molar-refractivity contribution in [1.29, 1.82) is 0 Å². The van der Waals surface area contributed by atoms with E-state index in [9.17, 15) is 0 Å². The molecular formula is C19H27IN6S. The Hall–Kier alpha value is -1.68. The van der Waals surface area contributed by atoms with Crippen LogP contribution in [0.25, 0.3) is 11.0 Å². The number of H-pyrrole nitrogens is 1. The van der Waals surface area contributed by atoms with Gasteiger partial charge in [0.05, 0.1) is 28.3 Å². The summed E-state index contributed by atoms with van der Waals surface area (Å²) in [7, 11) is 0. The van der Waals surface area contributed by atoms with E-state index >= 15 is 0 Å². The number of rotatable bonds is 7. The van der Waals surface area contributed by atoms with E-state index in [0.717, 1.165) is 59.5 Å². The fraction of sp³-hybridized carbons (Fsp3) is 0.421. The molecular weight excluding hydrogens is 471 g/mol. The van der Waals surface area contributed by atoms with E-state index in [1.165, 1.54) is 4.88 Å². The standard InChI is InChI=1S/C19H26N6S.HI/c1-4-20-19(22-12-17-13(2)23-14(3)26-17)21-11-7-10-18-24-15-8-5-6-9-16(15)25-18;/h5-6,8-9H,4,7,10-12H2,1-3H3,(H,24,25)(H2,20,21,22);1H. The second-order valence-electron chi connectivity index (χ2n) is 6.17. The smallest absolute Gasteiger partial charge is 0.191 e. The third-order valence-electron chi connectivity index (χ3n) is 4.05. The lowest BCUT2D eigenvalue weighted by atomic mass is 10.3. The lowest BCUT2D eigenvalue weighted by molar-refractivity contribution is 0.727. The molecule has 3 N–H and O–H groups in total. The SMILES string of the molecule is CCNC(=NCc1sc(C)nc1C)NCCCc1nc2ccccc2[nH]1.I. The molecule has 2 aromatic heterocycles. The molecule has 0 bridgehead atoms. The quantitative estimate of drug-likeness (QED) is 0.200. The number of halogens is 1. The van der Waals surface area contributed by atoms with Crippen molar-refractivity contribution in [2.75, 3.05) is 13.1 Å². The molecule has 0 saturated carbocycles. The molecule has 146 valence electrons. The maximum Gasteiger partial charge on any atom is 0.191 e. The molecule has 0 aliphatic carbocycles. The number of fused-ring (bicyclic) bond motifs is 1. The maximum absolute atomic E-state index is 4.68. The highest BCUT2D eigenvalue weighted by molar-refractivity contribution is 14.0. The van der Waals surface area contributed by atoms with Crippen LogP contribution in [0.3, 0.4) is 0 Å². The Balaban J connectivity index is 0.00000261. The first-order valence-electron chi connectivity index (χ1n) is 9.04. The largest absolute Gasteiger partial charge is 0.357 e. The zero-order chi connectivity index (χ0) is 18.4. The number of imidazole rings is 1. The van der Waals surface area contributed by atoms with Gasteiger partial charge in [-0.15, -0.1) is 35.3 Å². The van der Waals surface area contributed by atoms with Crippen LogP contribution in [-0.2, 0) is 13.0 Å². The van der Waals surface area contributed by atoms with Gasteiger partial charge in [-0.3, -0.25) is 0 Å². The number of aromatic amines is 1. The number of nitrogens with one attached hydrogen (secondary N) is 3. The van der Waals surface area contributed by atoms with Crippen LogP contribution in [0.1, 0.15) is 34.7 Å². The van der Waals surface area contributed by atoms with Gasteiger partial charge in [0.15, 0.2) is 5.96 Å². The molecule has 0 aliphatic rings. The Kier molecular flexibility index (Phi) is 8.49. The second kappa shape index (κ2) is 10.6. The van der Waals surface area contributed by atoms with Crippen LogP contribution >= 0.6 is 35.3 Å². The highest BCUT2D eigenvalue weighted by Gasteiger charge is 2.05. The van der Waals surface area contributed by atoms with Crippen LogP contribution in [0.15, 0.2) is 29.3 Å². The number of nitrogens with zero attached hydrogens (tertiary/aromatic N) is 3. The van der Waals surface area contributed by atoms with Crippen LogP contribution in [0.5, 0.6) is 0 Å². The molecule has 2 heterocycles. The Labute approximate surface area is 181 Å². The van der Waals surface area contributed by atoms with Crippen LogP contribution in [0, 0.1) is 13.8 Å². The molecule has 0 atom stereocenters. The summed E-state index contributed by atoms with van der Waals surface area (Å²) < 4.78 is 0. The molecule has 0 aliphatic heterocycles. The minimum atomic E-state index is 0. The summed E-state index contributed by atoms with van der Waals surface area (Å²) in [6.45, 7) is 8.51. The summed E-state index contributed by atoms with van der Waals surface area (Å²) in [5.41, 5.74) is 3.21. The van der Waals surface area contributed by atoms with Crippen LogP contribution < -0.4 is 10.6 Å². The average molecular weight is 498 g/mol. The lowest BCUT2D eigenvalue weighted by Crippen LogP contribution is -2.37. The van der Waals surface area contributed by atoms with Crippen LogP contribution in [0.4, 0.5) is 0 Å². The Morgan fingerprint density at radius 2 is 2.00 bits per heavy atom. The van der Waals surface area contributed by atoms with Crippen molar-refractivity contribution in [1.82, 2.24) is 25.6 Å². The molecule has 0 saturated heterocycles. The minimum Gasteiger partial charge on any atom is -0.357 e. The Bertz CT molecular complexity index is 852. The number of aliphatic imine (C=N–C) groups is 1. The molecule has 0 spiro atoms. The van der Waals surface area contributed by atoms with Gasteiger partial charge < -0.3 is 15.6 Å². The van der Waals surface area contributed by atoms with Crippen molar-refractivity contribution < 1.29 is 0 Å². The van der Waals surface area contributed by atoms with Crippen molar-refractivity contribution in [3.05, 3.63) is 45.7 Å². The van der Waals surface area contributed by atoms with E-state index in [1.54, 1.807) is 11.3 Å². The third-order valence-corrected chi connectivity index (χ3v) is 5.10. The van der Waals surface area contributed by atoms with E-state index in [0.29, 0.717) is 6.54 Å². The summed E-state index contributed by atoms with van der Waals surface area (Å²) in [6, 6.07) is 8.13. The molecule has 1 aromatic carbocycles. The van der Waals surface area contributed by atoms with Crippen LogP contribution in [0.2, 0.25) is 0 Å². The summed E-state index contributed by atoms with van der Waals surface area (Å²) in [6.07, 6.45) is 1.90. The first-order chi connectivity index (χ1) is 12.7. The van der Waals surface area contributed by atoms with Gasteiger partial charge in [-0.05, 0) is 39.3 Å². The third kappa shape index (κ3) is 6.17. The maximum atomic E-state index is 4.68. The van der Waals surface area contributed by atoms with Crippen molar-refractivity contribution in [3.8, 4) is 0 Å². The van der Waals surface area contributed by atoms with Gasteiger partial charge in [-0.2, -0.15) is 0 Å². The number of aromatic nitrogens is 3. The molecule has 3 rings (SSSR count). The Morgan fingerprint density at radius 3 is 2.70 bits per heavy atom. The monoisotopic (exact) mass is 498 g/mol. The van der Waals surface area contributed by atoms with Gasteiger partial charge in [-0.25, -0.2) is 15.0 Å². The highest BCUT2D eigenvalue weighted by Crippen LogP contribution is 2.17. The number of aryl methyl sites for hydroxylation is 3. The van der Waals surface area contributed by atoms with E-state index in [-0.39, 0.29) is 24.0 Å². The van der Waals surface area contributed by atoms with E-state index in [2.05, 4.69) is 43.6 Å². The summed E-state index contributed by atoms with van der Waals surface area (Å²) in [5, 5.41) is 7.80. The predicted octanol–water partition coefficient (Wildman–Crippen LogP) is 3.94. The molecule has 8 heteroatoms. The Morgan fingerprint density at radius 1 is 1.19 bits per heavy atom. The average Bonchev–Trinajstić information content (AvgIpc) is 3.18. The normalized spacial score (nSPS) is 11.4. The summed E-state index contributed by atoms with van der Waals surface area (Å²) >= 11 is 1.72. The fourth-order valence-corrected chi connectivity index (χ4v) is 3.66. The number of hydrogen-bond donors (Lipinski definition) is 3. The van der Waals surface area contributed by atoms with Crippen molar-refractivity contribution >= 4 is 52.3 Å². The topological polar surface area (TPSA) is 78.0 Å². The molecule has 6 nitrogen and oxygen atoms in total. The molecule has 27 heavy (non-hydrogen) atoms. The number of thiazole rings is 1. The van der Waals surface area contributed by atoms with E-state index in [4.69, 9.17) is 0 Å². The van der Waals surface area contributed by atoms with Crippen LogP contribution in [-0.4, -0.2) is 34.0 Å². The highest BCUT2D eigenvalue weighted by atomic mass is 127. The van der Waals surface area contributed by atoms with Gasteiger partial charge >= 0.3 is 0 Å². The molecule has 0 unspecified atom stereocenters. The number of hydrogen-bond acceptors (Lipinski definition) is 4. The van der Waals surface area contributed by atoms with Crippen molar-refractivity contribution in [2.45, 2.75) is 40.2 Å². The zero-order valence-corrected chi connectivity index (χ0v) is 19.1. The first kappa shape index (κ1) is 21.6. The predicted molar refractivity (Wildman–Crippen MR) is 124 cm³/mol. The van der Waals surface area contributed by atoms with Gasteiger partial charge in [-0.1, -0.05) is 12.1 Å². The molecule has 0 amide bonds. The molecule has 0 radical (unpaired) electrons. The number of guanidine groups is 1. The summed E-state index contributed by atoms with van der Waals surface area (Å²) in [5.74, 6) is 1.88. The second-order valence-corrected chi connectivity index (χ2v) is 7.46. The van der Waals surface area contributed by atoms with Gasteiger partial charge in [0.1, 0.15) is 5.82 Å². The van der Waals surface area contributed by atoms with Crippen molar-refractivity contribution in [2.24, 2.45) is 4.99 Å². The summed E-state index contributed by atoms with van der Waals surface area (Å²) in [4.78, 5) is 18.4. The minimum absolute atomic E-state index is 0. The zero-order valence-electron chi connectivity index (χ0n) is 16.0. The van der Waals surface area contributed by atoms with E-state index in [1.807, 2.05) is 32.0 Å². The fourth-order valence-electron chi connectivity index (χ4n) is 2.80.